The summed E-state index contributed by atoms with van der Waals surface area (Å²) in [6, 6.07) is 23.0. The quantitative estimate of drug-likeness (QED) is 0.290. The first kappa shape index (κ1) is 23.6. The van der Waals surface area contributed by atoms with Gasteiger partial charge in [-0.3, -0.25) is 4.99 Å². The maximum absolute atomic E-state index is 4.77. The number of aromatic amines is 1. The van der Waals surface area contributed by atoms with Gasteiger partial charge in [0.15, 0.2) is 0 Å². The van der Waals surface area contributed by atoms with Crippen molar-refractivity contribution in [3.63, 3.8) is 0 Å². The summed E-state index contributed by atoms with van der Waals surface area (Å²) < 4.78 is 0. The van der Waals surface area contributed by atoms with Gasteiger partial charge < -0.3 is 10.3 Å². The third-order valence-corrected chi connectivity index (χ3v) is 8.80. The highest BCUT2D eigenvalue weighted by Crippen LogP contribution is 2.34. The minimum absolute atomic E-state index is 0.460. The Bertz CT molecular complexity index is 1500. The van der Waals surface area contributed by atoms with Crippen LogP contribution in [0.2, 0.25) is 0 Å². The summed E-state index contributed by atoms with van der Waals surface area (Å²) in [5, 5.41) is 6.16. The largest absolute Gasteiger partial charge is 0.342 e. The molecule has 2 aliphatic heterocycles. The first-order valence-corrected chi connectivity index (χ1v) is 14.5. The number of hydrogen-bond acceptors (Lipinski definition) is 3. The topological polar surface area (TPSA) is 53.1 Å². The van der Waals surface area contributed by atoms with Gasteiger partial charge in [0.05, 0.1) is 11.9 Å². The fourth-order valence-corrected chi connectivity index (χ4v) is 6.51. The van der Waals surface area contributed by atoms with Crippen molar-refractivity contribution in [3.05, 3.63) is 84.4 Å². The molecule has 1 atom stereocenters. The molecule has 3 aromatic carbocycles. The summed E-state index contributed by atoms with van der Waals surface area (Å²) in [6.45, 7) is 1.12. The van der Waals surface area contributed by atoms with Crippen LogP contribution in [0, 0.1) is 0 Å². The van der Waals surface area contributed by atoms with Crippen LogP contribution in [0.15, 0.2) is 78.1 Å². The molecule has 192 valence electrons. The molecule has 2 N–H and O–H groups in total. The lowest BCUT2D eigenvalue weighted by Gasteiger charge is -2.23. The number of piperidine rings is 1. The number of H-pyrrole nitrogens is 1. The highest BCUT2D eigenvalue weighted by molar-refractivity contribution is 6.01. The van der Waals surface area contributed by atoms with Gasteiger partial charge in [-0.1, -0.05) is 74.2 Å². The predicted octanol–water partition coefficient (Wildman–Crippen LogP) is 8.27. The van der Waals surface area contributed by atoms with E-state index in [0.717, 1.165) is 18.7 Å². The van der Waals surface area contributed by atoms with E-state index in [1.807, 2.05) is 6.20 Å². The normalized spacial score (nSPS) is 20.5. The summed E-state index contributed by atoms with van der Waals surface area (Å²) >= 11 is 0. The van der Waals surface area contributed by atoms with Crippen LogP contribution in [-0.4, -0.2) is 28.3 Å². The van der Waals surface area contributed by atoms with E-state index in [-0.39, 0.29) is 0 Å². The number of aromatic nitrogens is 2. The van der Waals surface area contributed by atoms with E-state index >= 15 is 0 Å². The summed E-state index contributed by atoms with van der Waals surface area (Å²) in [5.74, 6) is 1.76. The first-order valence-electron chi connectivity index (χ1n) is 14.5. The van der Waals surface area contributed by atoms with E-state index in [0.29, 0.717) is 12.0 Å². The lowest BCUT2D eigenvalue weighted by atomic mass is 9.89. The number of allylic oxidation sites excluding steroid dienone is 1. The number of benzene rings is 3. The smallest absolute Gasteiger partial charge is 0.109 e. The van der Waals surface area contributed by atoms with Crippen molar-refractivity contribution in [2.45, 2.75) is 69.7 Å². The molecule has 0 amide bonds. The second-order valence-corrected chi connectivity index (χ2v) is 11.3. The Balaban J connectivity index is 1.06. The van der Waals surface area contributed by atoms with E-state index in [4.69, 9.17) is 9.98 Å². The van der Waals surface area contributed by atoms with Crippen LogP contribution in [0.4, 0.5) is 0 Å². The third-order valence-electron chi connectivity index (χ3n) is 8.80. The average molecular weight is 501 g/mol. The molecule has 4 nitrogen and oxygen atoms in total. The molecular formula is C34H36N4. The van der Waals surface area contributed by atoms with Gasteiger partial charge in [0.2, 0.25) is 0 Å². The second-order valence-electron chi connectivity index (χ2n) is 11.3. The average Bonchev–Trinajstić information content (AvgIpc) is 3.69. The molecule has 0 spiro atoms. The predicted molar refractivity (Wildman–Crippen MR) is 158 cm³/mol. The lowest BCUT2D eigenvalue weighted by Crippen LogP contribution is -2.39. The zero-order valence-electron chi connectivity index (χ0n) is 22.0. The van der Waals surface area contributed by atoms with Crippen molar-refractivity contribution < 1.29 is 0 Å². The van der Waals surface area contributed by atoms with E-state index < -0.39 is 0 Å². The molecule has 4 heteroatoms. The van der Waals surface area contributed by atoms with Crippen LogP contribution >= 0.6 is 0 Å². The number of imidazole rings is 1. The molecule has 1 saturated heterocycles. The zero-order chi connectivity index (χ0) is 25.3. The Morgan fingerprint density at radius 2 is 1.39 bits per heavy atom. The summed E-state index contributed by atoms with van der Waals surface area (Å²) in [5.41, 5.74) is 8.74. The van der Waals surface area contributed by atoms with E-state index in [1.165, 1.54) is 102 Å². The Morgan fingerprint density at radius 3 is 2.18 bits per heavy atom. The molecule has 4 aromatic rings. The van der Waals surface area contributed by atoms with Crippen LogP contribution < -0.4 is 5.32 Å². The molecule has 7 rings (SSSR count). The number of nitrogens with zero attached hydrogens (tertiary/aromatic N) is 2. The van der Waals surface area contributed by atoms with Crippen LogP contribution in [0.1, 0.15) is 75.1 Å². The minimum atomic E-state index is 0.460. The molecule has 0 unspecified atom stereocenters. The van der Waals surface area contributed by atoms with Crippen molar-refractivity contribution in [2.24, 2.45) is 4.99 Å². The van der Waals surface area contributed by atoms with Gasteiger partial charge in [0.25, 0.3) is 0 Å². The van der Waals surface area contributed by atoms with Crippen molar-refractivity contribution in [3.8, 4) is 22.4 Å². The standard InChI is InChI=1S/C34H36N4/c1-2-6-25(7-3-1)34-37-22-33(38-34)29-16-15-27-18-26(13-14-28(27)19-29)23-9-11-24(12-10-23)30-20-32(36-21-30)31-8-4-5-17-35-31/h9-16,18-19,21-22,25,31,35H,1-8,17,20H2,(H,37,38)/t31-/m0/s1. The first-order chi connectivity index (χ1) is 18.8. The monoisotopic (exact) mass is 500 g/mol. The van der Waals surface area contributed by atoms with Crippen molar-refractivity contribution in [2.75, 3.05) is 6.54 Å². The summed E-state index contributed by atoms with van der Waals surface area (Å²) in [6.07, 6.45) is 15.4. The van der Waals surface area contributed by atoms with Gasteiger partial charge in [-0.2, -0.15) is 0 Å². The Labute approximate surface area is 225 Å². The highest BCUT2D eigenvalue weighted by atomic mass is 15.0. The van der Waals surface area contributed by atoms with Gasteiger partial charge in [-0.25, -0.2) is 4.98 Å². The fraction of sp³-hybridized carbons (Fsp3) is 0.353. The molecule has 1 aliphatic carbocycles. The third kappa shape index (κ3) is 4.74. The molecule has 3 heterocycles. The molecule has 1 aromatic heterocycles. The highest BCUT2D eigenvalue weighted by Gasteiger charge is 2.23. The van der Waals surface area contributed by atoms with Crippen LogP contribution in [0.25, 0.3) is 38.7 Å². The molecule has 1 saturated carbocycles. The van der Waals surface area contributed by atoms with E-state index in [1.54, 1.807) is 0 Å². The summed E-state index contributed by atoms with van der Waals surface area (Å²) in [7, 11) is 0. The molecular weight excluding hydrogens is 464 g/mol. The Hall–Kier alpha value is -3.50. The SMILES string of the molecule is C1=C(c2ccc(-c3ccc4cc(-c5cnc(C6CCCCC6)[nH]5)ccc4c3)cc2)CC([C@@H]2CCCCN2)=N1. The lowest BCUT2D eigenvalue weighted by molar-refractivity contribution is 0.431. The van der Waals surface area contributed by atoms with Crippen LogP contribution in [0.3, 0.4) is 0 Å². The zero-order valence-corrected chi connectivity index (χ0v) is 22.0. The van der Waals surface area contributed by atoms with E-state index in [9.17, 15) is 0 Å². The summed E-state index contributed by atoms with van der Waals surface area (Å²) in [4.78, 5) is 13.1. The van der Waals surface area contributed by atoms with Crippen molar-refractivity contribution in [1.29, 1.82) is 0 Å². The molecule has 3 aliphatic rings. The van der Waals surface area contributed by atoms with Gasteiger partial charge in [-0.15, -0.1) is 0 Å². The minimum Gasteiger partial charge on any atom is -0.342 e. The maximum atomic E-state index is 4.77. The molecule has 0 bridgehead atoms. The Kier molecular flexibility index (Phi) is 6.42. The molecule has 2 fully saturated rings. The number of hydrogen-bond donors (Lipinski definition) is 2. The van der Waals surface area contributed by atoms with Crippen LogP contribution in [-0.2, 0) is 0 Å². The van der Waals surface area contributed by atoms with E-state index in [2.05, 4.69) is 77.2 Å². The number of aliphatic imine (C=N–C) groups is 1. The fourth-order valence-electron chi connectivity index (χ4n) is 6.51. The number of rotatable bonds is 5. The van der Waals surface area contributed by atoms with Gasteiger partial charge in [0, 0.05) is 35.9 Å². The van der Waals surface area contributed by atoms with Crippen molar-refractivity contribution in [1.82, 2.24) is 15.3 Å². The number of fused-ring (bicyclic) bond motifs is 1. The molecule has 38 heavy (non-hydrogen) atoms. The second kappa shape index (κ2) is 10.3. The molecule has 0 radical (unpaired) electrons. The van der Waals surface area contributed by atoms with Gasteiger partial charge in [0.1, 0.15) is 5.82 Å². The maximum Gasteiger partial charge on any atom is 0.109 e. The van der Waals surface area contributed by atoms with Gasteiger partial charge in [-0.05, 0) is 77.4 Å². The van der Waals surface area contributed by atoms with Gasteiger partial charge >= 0.3 is 0 Å². The number of nitrogens with one attached hydrogen (secondary N) is 2. The van der Waals surface area contributed by atoms with Crippen LogP contribution in [0.5, 0.6) is 0 Å². The Morgan fingerprint density at radius 1 is 0.684 bits per heavy atom. The van der Waals surface area contributed by atoms with Crippen molar-refractivity contribution >= 4 is 22.1 Å².